The topological polar surface area (TPSA) is 146 Å². The van der Waals surface area contributed by atoms with Crippen molar-refractivity contribution in [2.45, 2.75) is 12.7 Å². The van der Waals surface area contributed by atoms with Crippen LogP contribution in [0.25, 0.3) is 11.0 Å². The van der Waals surface area contributed by atoms with Gasteiger partial charge in [0.1, 0.15) is 12.4 Å². The SMILES string of the molecule is COP(=O)(O)Cc1cc(Cn2ncc3c(N)nc(OCCO)nc32)ccc1Br. The molecule has 10 nitrogen and oxygen atoms in total. The van der Waals surface area contributed by atoms with E-state index < -0.39 is 7.60 Å². The van der Waals surface area contributed by atoms with Gasteiger partial charge in [0, 0.05) is 11.6 Å². The van der Waals surface area contributed by atoms with Crippen LogP contribution in [0.1, 0.15) is 11.1 Å². The van der Waals surface area contributed by atoms with Crippen LogP contribution in [0.2, 0.25) is 0 Å². The number of ether oxygens (including phenoxy) is 1. The number of aromatic nitrogens is 4. The van der Waals surface area contributed by atoms with E-state index in [9.17, 15) is 9.46 Å². The molecule has 0 aliphatic carbocycles. The summed E-state index contributed by atoms with van der Waals surface area (Å²) in [6.07, 6.45) is 1.44. The lowest BCUT2D eigenvalue weighted by Gasteiger charge is -2.12. The quantitative estimate of drug-likeness (QED) is 0.419. The summed E-state index contributed by atoms with van der Waals surface area (Å²) in [6, 6.07) is 5.51. The lowest BCUT2D eigenvalue weighted by Crippen LogP contribution is -2.08. The summed E-state index contributed by atoms with van der Waals surface area (Å²) in [4.78, 5) is 18.1. The molecule has 2 aromatic heterocycles. The number of aliphatic hydroxyl groups excluding tert-OH is 1. The van der Waals surface area contributed by atoms with Crippen molar-refractivity contribution >= 4 is 40.4 Å². The molecule has 1 atom stereocenters. The van der Waals surface area contributed by atoms with E-state index in [-0.39, 0.29) is 31.2 Å². The summed E-state index contributed by atoms with van der Waals surface area (Å²) >= 11 is 3.39. The standard InChI is InChI=1S/C16H19BrN5O5P/c1-26-28(24,25)9-11-6-10(2-3-13(11)17)8-22-15-12(7-19-22)14(18)20-16(21-15)27-5-4-23/h2-3,6-7,23H,4-5,8-9H2,1H3,(H,24,25)(H2,18,20,21). The molecule has 3 rings (SSSR count). The fraction of sp³-hybridized carbons (Fsp3) is 0.312. The number of nitrogens with zero attached hydrogens (tertiary/aromatic N) is 4. The molecule has 0 radical (unpaired) electrons. The molecule has 4 N–H and O–H groups in total. The Morgan fingerprint density at radius 2 is 2.14 bits per heavy atom. The van der Waals surface area contributed by atoms with Crippen molar-refractivity contribution in [3.8, 4) is 6.01 Å². The maximum atomic E-state index is 11.9. The zero-order chi connectivity index (χ0) is 20.3. The molecule has 2 heterocycles. The fourth-order valence-electron chi connectivity index (χ4n) is 2.57. The van der Waals surface area contributed by atoms with Gasteiger partial charge in [-0.15, -0.1) is 0 Å². The van der Waals surface area contributed by atoms with Gasteiger partial charge in [-0.2, -0.15) is 15.1 Å². The van der Waals surface area contributed by atoms with Gasteiger partial charge >= 0.3 is 13.6 Å². The van der Waals surface area contributed by atoms with Crippen LogP contribution in [0.3, 0.4) is 0 Å². The lowest BCUT2D eigenvalue weighted by atomic mass is 10.1. The van der Waals surface area contributed by atoms with Crippen LogP contribution in [0.4, 0.5) is 5.82 Å². The predicted molar refractivity (Wildman–Crippen MR) is 106 cm³/mol. The van der Waals surface area contributed by atoms with E-state index in [1.807, 2.05) is 6.07 Å². The zero-order valence-corrected chi connectivity index (χ0v) is 17.4. The number of fused-ring (bicyclic) bond motifs is 1. The molecule has 0 aliphatic rings. The number of rotatable bonds is 8. The van der Waals surface area contributed by atoms with Crippen LogP contribution in [-0.2, 0) is 21.8 Å². The fourth-order valence-corrected chi connectivity index (χ4v) is 4.00. The lowest BCUT2D eigenvalue weighted by molar-refractivity contribution is 0.192. The van der Waals surface area contributed by atoms with E-state index in [2.05, 4.69) is 35.5 Å². The Hall–Kier alpha value is -2.04. The third-order valence-electron chi connectivity index (χ3n) is 3.93. The monoisotopic (exact) mass is 471 g/mol. The second-order valence-electron chi connectivity index (χ2n) is 5.91. The van der Waals surface area contributed by atoms with Crippen molar-refractivity contribution in [3.05, 3.63) is 40.0 Å². The van der Waals surface area contributed by atoms with Crippen molar-refractivity contribution in [2.24, 2.45) is 0 Å². The summed E-state index contributed by atoms with van der Waals surface area (Å²) < 4.78 is 24.2. The molecule has 150 valence electrons. The van der Waals surface area contributed by atoms with Gasteiger partial charge in [0.2, 0.25) is 0 Å². The van der Waals surface area contributed by atoms with Gasteiger partial charge in [0.05, 0.1) is 30.9 Å². The third-order valence-corrected chi connectivity index (χ3v) is 6.01. The first kappa shape index (κ1) is 20.7. The van der Waals surface area contributed by atoms with Crippen molar-refractivity contribution < 1.29 is 23.8 Å². The predicted octanol–water partition coefficient (Wildman–Crippen LogP) is 1.92. The number of aliphatic hydroxyl groups is 1. The van der Waals surface area contributed by atoms with E-state index in [4.69, 9.17) is 15.6 Å². The van der Waals surface area contributed by atoms with Crippen LogP contribution >= 0.6 is 23.5 Å². The molecule has 0 aliphatic heterocycles. The minimum atomic E-state index is -3.70. The summed E-state index contributed by atoms with van der Waals surface area (Å²) in [5.41, 5.74) is 7.90. The number of hydrogen-bond acceptors (Lipinski definition) is 8. The normalized spacial score (nSPS) is 13.6. The van der Waals surface area contributed by atoms with Crippen LogP contribution in [0, 0.1) is 0 Å². The first-order chi connectivity index (χ1) is 13.3. The largest absolute Gasteiger partial charge is 0.461 e. The Bertz CT molecular complexity index is 1040. The van der Waals surface area contributed by atoms with Crippen LogP contribution in [-0.4, -0.2) is 50.1 Å². The Labute approximate surface area is 169 Å². The number of hydrogen-bond donors (Lipinski definition) is 3. The van der Waals surface area contributed by atoms with E-state index >= 15 is 0 Å². The second-order valence-corrected chi connectivity index (χ2v) is 8.72. The van der Waals surface area contributed by atoms with Gasteiger partial charge in [-0.25, -0.2) is 4.68 Å². The minimum absolute atomic E-state index is 0.0515. The molecule has 0 fully saturated rings. The molecule has 1 aromatic carbocycles. The molecule has 0 saturated heterocycles. The van der Waals surface area contributed by atoms with Crippen molar-refractivity contribution in [1.82, 2.24) is 19.7 Å². The number of halogens is 1. The molecule has 0 bridgehead atoms. The highest BCUT2D eigenvalue weighted by atomic mass is 79.9. The van der Waals surface area contributed by atoms with E-state index in [1.165, 1.54) is 7.11 Å². The van der Waals surface area contributed by atoms with E-state index in [1.54, 1.807) is 23.0 Å². The third kappa shape index (κ3) is 4.68. The van der Waals surface area contributed by atoms with Gasteiger partial charge in [0.15, 0.2) is 5.65 Å². The maximum absolute atomic E-state index is 11.9. The summed E-state index contributed by atoms with van der Waals surface area (Å²) in [6.45, 7) is 0.233. The molecule has 0 amide bonds. The van der Waals surface area contributed by atoms with Crippen molar-refractivity contribution in [2.75, 3.05) is 26.1 Å². The van der Waals surface area contributed by atoms with Crippen LogP contribution in [0.15, 0.2) is 28.9 Å². The molecule has 3 aromatic rings. The average Bonchev–Trinajstić information content (AvgIpc) is 3.06. The molecule has 1 unspecified atom stereocenters. The van der Waals surface area contributed by atoms with E-state index in [0.717, 1.165) is 5.56 Å². The summed E-state index contributed by atoms with van der Waals surface area (Å²) in [5, 5.41) is 13.8. The van der Waals surface area contributed by atoms with Gasteiger partial charge in [-0.3, -0.25) is 4.57 Å². The molecule has 0 saturated carbocycles. The van der Waals surface area contributed by atoms with Gasteiger partial charge in [-0.05, 0) is 17.2 Å². The molecule has 28 heavy (non-hydrogen) atoms. The Morgan fingerprint density at radius 1 is 1.36 bits per heavy atom. The first-order valence-electron chi connectivity index (χ1n) is 8.20. The first-order valence-corrected chi connectivity index (χ1v) is 10.8. The average molecular weight is 472 g/mol. The molecular formula is C16H19BrN5O5P. The summed E-state index contributed by atoms with van der Waals surface area (Å²) in [5.74, 6) is 0.224. The van der Waals surface area contributed by atoms with Gasteiger partial charge in [0.25, 0.3) is 0 Å². The minimum Gasteiger partial charge on any atom is -0.461 e. The number of benzene rings is 1. The Balaban J connectivity index is 1.92. The van der Waals surface area contributed by atoms with Crippen molar-refractivity contribution in [3.63, 3.8) is 0 Å². The second kappa shape index (κ2) is 8.54. The maximum Gasteiger partial charge on any atom is 0.332 e. The smallest absolute Gasteiger partial charge is 0.332 e. The number of nitrogens with two attached hydrogens (primary N) is 1. The van der Waals surface area contributed by atoms with Gasteiger partial charge in [-0.1, -0.05) is 28.1 Å². The molecule has 12 heteroatoms. The highest BCUT2D eigenvalue weighted by Crippen LogP contribution is 2.46. The highest BCUT2D eigenvalue weighted by Gasteiger charge is 2.20. The molecular weight excluding hydrogens is 453 g/mol. The van der Waals surface area contributed by atoms with E-state index in [0.29, 0.717) is 27.6 Å². The summed E-state index contributed by atoms with van der Waals surface area (Å²) in [7, 11) is -2.50. The number of anilines is 1. The Morgan fingerprint density at radius 3 is 2.86 bits per heavy atom. The Kier molecular flexibility index (Phi) is 6.31. The number of nitrogen functional groups attached to an aromatic ring is 1. The van der Waals surface area contributed by atoms with Crippen molar-refractivity contribution in [1.29, 1.82) is 0 Å². The zero-order valence-electron chi connectivity index (χ0n) is 14.9. The molecule has 0 spiro atoms. The van der Waals surface area contributed by atoms with Crippen LogP contribution in [0.5, 0.6) is 6.01 Å². The van der Waals surface area contributed by atoms with Crippen LogP contribution < -0.4 is 10.5 Å². The highest BCUT2D eigenvalue weighted by molar-refractivity contribution is 9.10. The van der Waals surface area contributed by atoms with Gasteiger partial charge < -0.3 is 25.0 Å².